The Hall–Kier alpha value is -2.82. The lowest BCUT2D eigenvalue weighted by atomic mass is 10.1. The van der Waals surface area contributed by atoms with Crippen LogP contribution in [0.1, 0.15) is 41.5 Å². The lowest BCUT2D eigenvalue weighted by molar-refractivity contribution is 0.0526. The number of carbonyl (C=O) groups excluding carboxylic acids is 2. The van der Waals surface area contributed by atoms with Crippen molar-refractivity contribution in [2.24, 2.45) is 5.92 Å². The van der Waals surface area contributed by atoms with Gasteiger partial charge in [-0.15, -0.1) is 0 Å². The van der Waals surface area contributed by atoms with Crippen LogP contribution in [0.3, 0.4) is 0 Å². The van der Waals surface area contributed by atoms with E-state index in [4.69, 9.17) is 9.47 Å². The van der Waals surface area contributed by atoms with Crippen molar-refractivity contribution in [3.05, 3.63) is 59.7 Å². The third-order valence-electron chi connectivity index (χ3n) is 3.33. The lowest BCUT2D eigenvalue weighted by Gasteiger charge is -2.10. The molecule has 25 heavy (non-hydrogen) atoms. The molecule has 132 valence electrons. The van der Waals surface area contributed by atoms with Gasteiger partial charge in [-0.05, 0) is 55.3 Å². The third kappa shape index (κ3) is 5.64. The van der Waals surface area contributed by atoms with Gasteiger partial charge < -0.3 is 14.8 Å². The second kappa shape index (κ2) is 8.87. The fraction of sp³-hybridized carbons (Fsp3) is 0.300. The summed E-state index contributed by atoms with van der Waals surface area (Å²) in [5.41, 5.74) is 1.56. The number of benzene rings is 2. The minimum Gasteiger partial charge on any atom is -0.493 e. The third-order valence-corrected chi connectivity index (χ3v) is 3.33. The van der Waals surface area contributed by atoms with Crippen molar-refractivity contribution in [3.8, 4) is 5.75 Å². The summed E-state index contributed by atoms with van der Waals surface area (Å²) in [5, 5.41) is 2.80. The van der Waals surface area contributed by atoms with Crippen LogP contribution in [0.4, 0.5) is 5.69 Å². The Bertz CT molecular complexity index is 723. The maximum absolute atomic E-state index is 12.4. The molecule has 2 aromatic carbocycles. The standard InChI is InChI=1S/C20H23NO4/c1-4-24-20(23)15-8-10-17(11-9-15)21-19(22)16-6-5-7-18(12-16)25-13-14(2)3/h5-12,14H,4,13H2,1-3H3,(H,21,22). The molecule has 0 fully saturated rings. The maximum atomic E-state index is 12.4. The first-order chi connectivity index (χ1) is 12.0. The molecule has 0 spiro atoms. The van der Waals surface area contributed by atoms with Crippen LogP contribution in [-0.4, -0.2) is 25.1 Å². The first-order valence-corrected chi connectivity index (χ1v) is 8.31. The Labute approximate surface area is 148 Å². The van der Waals surface area contributed by atoms with Gasteiger partial charge in [0.25, 0.3) is 5.91 Å². The first kappa shape index (κ1) is 18.5. The molecule has 0 bridgehead atoms. The van der Waals surface area contributed by atoms with Gasteiger partial charge in [0.15, 0.2) is 0 Å². The normalized spacial score (nSPS) is 10.4. The van der Waals surface area contributed by atoms with Crippen molar-refractivity contribution in [1.29, 1.82) is 0 Å². The molecule has 0 aliphatic rings. The molecule has 1 N–H and O–H groups in total. The summed E-state index contributed by atoms with van der Waals surface area (Å²) in [7, 11) is 0. The molecule has 2 aromatic rings. The zero-order valence-corrected chi connectivity index (χ0v) is 14.7. The molecule has 0 unspecified atom stereocenters. The molecule has 0 atom stereocenters. The zero-order valence-electron chi connectivity index (χ0n) is 14.7. The highest BCUT2D eigenvalue weighted by molar-refractivity contribution is 6.04. The summed E-state index contributed by atoms with van der Waals surface area (Å²) in [4.78, 5) is 24.0. The van der Waals surface area contributed by atoms with Gasteiger partial charge in [0.2, 0.25) is 0 Å². The minimum atomic E-state index is -0.379. The highest BCUT2D eigenvalue weighted by Crippen LogP contribution is 2.17. The fourth-order valence-corrected chi connectivity index (χ4v) is 2.10. The van der Waals surface area contributed by atoms with Crippen LogP contribution in [0.5, 0.6) is 5.75 Å². The highest BCUT2D eigenvalue weighted by atomic mass is 16.5. The van der Waals surface area contributed by atoms with Crippen molar-refractivity contribution >= 4 is 17.6 Å². The average molecular weight is 341 g/mol. The molecule has 0 saturated carbocycles. The van der Waals surface area contributed by atoms with Crippen LogP contribution in [0, 0.1) is 5.92 Å². The fourth-order valence-electron chi connectivity index (χ4n) is 2.10. The molecule has 0 aromatic heterocycles. The number of ether oxygens (including phenoxy) is 2. The van der Waals surface area contributed by atoms with Crippen LogP contribution >= 0.6 is 0 Å². The predicted octanol–water partition coefficient (Wildman–Crippen LogP) is 4.15. The number of hydrogen-bond acceptors (Lipinski definition) is 4. The number of rotatable bonds is 7. The monoisotopic (exact) mass is 341 g/mol. The second-order valence-electron chi connectivity index (χ2n) is 5.98. The van der Waals surface area contributed by atoms with E-state index in [0.29, 0.717) is 41.7 Å². The SMILES string of the molecule is CCOC(=O)c1ccc(NC(=O)c2cccc(OCC(C)C)c2)cc1. The average Bonchev–Trinajstić information content (AvgIpc) is 2.61. The van der Waals surface area contributed by atoms with Crippen molar-refractivity contribution in [2.75, 3.05) is 18.5 Å². The van der Waals surface area contributed by atoms with Crippen molar-refractivity contribution in [1.82, 2.24) is 0 Å². The van der Waals surface area contributed by atoms with E-state index in [0.717, 1.165) is 0 Å². The molecular weight excluding hydrogens is 318 g/mol. The van der Waals surface area contributed by atoms with Crippen LogP contribution in [-0.2, 0) is 4.74 Å². The number of carbonyl (C=O) groups is 2. The Balaban J connectivity index is 2.02. The van der Waals surface area contributed by atoms with Crippen LogP contribution in [0.15, 0.2) is 48.5 Å². The topological polar surface area (TPSA) is 64.6 Å². The van der Waals surface area contributed by atoms with Gasteiger partial charge in [-0.2, -0.15) is 0 Å². The van der Waals surface area contributed by atoms with Crippen LogP contribution < -0.4 is 10.1 Å². The van der Waals surface area contributed by atoms with Gasteiger partial charge in [0, 0.05) is 11.3 Å². The quantitative estimate of drug-likeness (QED) is 0.768. The Morgan fingerprint density at radius 3 is 2.40 bits per heavy atom. The number of hydrogen-bond donors (Lipinski definition) is 1. The summed E-state index contributed by atoms with van der Waals surface area (Å²) in [5.74, 6) is 0.462. The minimum absolute atomic E-state index is 0.237. The molecular formula is C20H23NO4. The lowest BCUT2D eigenvalue weighted by Crippen LogP contribution is -2.13. The van der Waals surface area contributed by atoms with E-state index in [1.807, 2.05) is 6.07 Å². The van der Waals surface area contributed by atoms with E-state index in [1.54, 1.807) is 49.4 Å². The number of nitrogens with one attached hydrogen (secondary N) is 1. The molecule has 5 nitrogen and oxygen atoms in total. The van der Waals surface area contributed by atoms with Gasteiger partial charge in [0.05, 0.1) is 18.8 Å². The van der Waals surface area contributed by atoms with Crippen molar-refractivity contribution in [2.45, 2.75) is 20.8 Å². The number of esters is 1. The smallest absolute Gasteiger partial charge is 0.338 e. The van der Waals surface area contributed by atoms with E-state index >= 15 is 0 Å². The molecule has 0 heterocycles. The predicted molar refractivity (Wildman–Crippen MR) is 97.1 cm³/mol. The summed E-state index contributed by atoms with van der Waals surface area (Å²) in [6.07, 6.45) is 0. The molecule has 0 radical (unpaired) electrons. The van der Waals surface area contributed by atoms with Crippen molar-refractivity contribution in [3.63, 3.8) is 0 Å². The largest absolute Gasteiger partial charge is 0.493 e. The molecule has 0 aliphatic heterocycles. The van der Waals surface area contributed by atoms with Gasteiger partial charge >= 0.3 is 5.97 Å². The molecule has 0 aliphatic carbocycles. The molecule has 2 rings (SSSR count). The van der Waals surface area contributed by atoms with E-state index in [-0.39, 0.29) is 11.9 Å². The van der Waals surface area contributed by atoms with E-state index in [2.05, 4.69) is 19.2 Å². The molecule has 5 heteroatoms. The van der Waals surface area contributed by atoms with Crippen LogP contribution in [0.2, 0.25) is 0 Å². The van der Waals surface area contributed by atoms with E-state index in [9.17, 15) is 9.59 Å². The second-order valence-corrected chi connectivity index (χ2v) is 5.98. The molecule has 1 amide bonds. The zero-order chi connectivity index (χ0) is 18.2. The van der Waals surface area contributed by atoms with E-state index < -0.39 is 0 Å². The van der Waals surface area contributed by atoms with E-state index in [1.165, 1.54) is 0 Å². The first-order valence-electron chi connectivity index (χ1n) is 8.31. The summed E-state index contributed by atoms with van der Waals surface area (Å²) >= 11 is 0. The summed E-state index contributed by atoms with van der Waals surface area (Å²) in [6.45, 7) is 6.81. The number of amides is 1. The van der Waals surface area contributed by atoms with Crippen LogP contribution in [0.25, 0.3) is 0 Å². The van der Waals surface area contributed by atoms with Gasteiger partial charge in [0.1, 0.15) is 5.75 Å². The summed E-state index contributed by atoms with van der Waals surface area (Å²) in [6, 6.07) is 13.6. The summed E-state index contributed by atoms with van der Waals surface area (Å²) < 4.78 is 10.6. The highest BCUT2D eigenvalue weighted by Gasteiger charge is 2.10. The van der Waals surface area contributed by atoms with Gasteiger partial charge in [-0.3, -0.25) is 4.79 Å². The van der Waals surface area contributed by atoms with Crippen molar-refractivity contribution < 1.29 is 19.1 Å². The Morgan fingerprint density at radius 1 is 1.04 bits per heavy atom. The van der Waals surface area contributed by atoms with Gasteiger partial charge in [-0.1, -0.05) is 19.9 Å². The number of anilines is 1. The Kier molecular flexibility index (Phi) is 6.57. The molecule has 0 saturated heterocycles. The van der Waals surface area contributed by atoms with Gasteiger partial charge in [-0.25, -0.2) is 4.79 Å². The maximum Gasteiger partial charge on any atom is 0.338 e. The Morgan fingerprint density at radius 2 is 1.76 bits per heavy atom.